The van der Waals surface area contributed by atoms with Crippen molar-refractivity contribution in [2.45, 2.75) is 44.8 Å². The summed E-state index contributed by atoms with van der Waals surface area (Å²) in [5, 5.41) is 13.8. The van der Waals surface area contributed by atoms with Crippen molar-refractivity contribution in [2.24, 2.45) is 10.2 Å². The van der Waals surface area contributed by atoms with Gasteiger partial charge in [-0.2, -0.15) is 5.10 Å². The summed E-state index contributed by atoms with van der Waals surface area (Å²) >= 11 is 1.21. The van der Waals surface area contributed by atoms with E-state index in [1.54, 1.807) is 24.3 Å². The predicted molar refractivity (Wildman–Crippen MR) is 136 cm³/mol. The van der Waals surface area contributed by atoms with Crippen molar-refractivity contribution in [3.05, 3.63) is 48.0 Å². The number of fused-ring (bicyclic) bond motifs is 1. The van der Waals surface area contributed by atoms with E-state index < -0.39 is 5.25 Å². The molecule has 1 fully saturated rings. The van der Waals surface area contributed by atoms with Crippen molar-refractivity contribution in [1.82, 2.24) is 5.32 Å². The summed E-state index contributed by atoms with van der Waals surface area (Å²) in [6, 6.07) is 13.0. The molecule has 0 saturated carbocycles. The first-order valence-corrected chi connectivity index (χ1v) is 12.4. The summed E-state index contributed by atoms with van der Waals surface area (Å²) in [5.41, 5.74) is 2.60. The number of carbonyl (C=O) groups excluding carboxylic acids is 2. The van der Waals surface area contributed by atoms with Gasteiger partial charge in [0.05, 0.1) is 6.61 Å². The fourth-order valence-corrected chi connectivity index (χ4v) is 4.34. The van der Waals surface area contributed by atoms with Gasteiger partial charge in [-0.05, 0) is 68.1 Å². The van der Waals surface area contributed by atoms with Crippen molar-refractivity contribution < 1.29 is 23.8 Å². The Hall–Kier alpha value is -3.53. The van der Waals surface area contributed by atoms with Crippen LogP contribution in [0.5, 0.6) is 17.2 Å². The number of hydrogen-bond donors (Lipinski definition) is 2. The lowest BCUT2D eigenvalue weighted by Gasteiger charge is -2.09. The molecule has 1 unspecified atom stereocenters. The molecule has 1 atom stereocenters. The van der Waals surface area contributed by atoms with E-state index in [1.807, 2.05) is 32.0 Å². The van der Waals surface area contributed by atoms with Gasteiger partial charge in [0.25, 0.3) is 0 Å². The Morgan fingerprint density at radius 1 is 1.20 bits per heavy atom. The largest absolute Gasteiger partial charge is 0.494 e. The topological polar surface area (TPSA) is 111 Å². The van der Waals surface area contributed by atoms with Crippen LogP contribution in [0.4, 0.5) is 5.69 Å². The highest BCUT2D eigenvalue weighted by Gasteiger charge is 2.32. The minimum atomic E-state index is -0.551. The Morgan fingerprint density at radius 3 is 2.80 bits per heavy atom. The summed E-state index contributed by atoms with van der Waals surface area (Å²) in [5.74, 6) is 1.78. The van der Waals surface area contributed by atoms with Crippen LogP contribution in [-0.4, -0.2) is 41.3 Å². The number of ether oxygens (including phenoxy) is 3. The fourth-order valence-electron chi connectivity index (χ4n) is 3.42. The Bertz CT molecular complexity index is 1130. The van der Waals surface area contributed by atoms with E-state index in [0.717, 1.165) is 41.4 Å². The van der Waals surface area contributed by atoms with Crippen LogP contribution in [-0.2, 0) is 16.0 Å². The van der Waals surface area contributed by atoms with Crippen LogP contribution in [0.25, 0.3) is 0 Å². The molecule has 0 bridgehead atoms. The highest BCUT2D eigenvalue weighted by Crippen LogP contribution is 2.32. The molecule has 2 amide bonds. The molecule has 0 spiro atoms. The lowest BCUT2D eigenvalue weighted by molar-refractivity contribution is -0.122. The number of hydrogen-bond acceptors (Lipinski definition) is 8. The summed E-state index contributed by atoms with van der Waals surface area (Å²) in [6.07, 6.45) is 2.46. The van der Waals surface area contributed by atoms with Gasteiger partial charge in [0.2, 0.25) is 18.6 Å². The second-order valence-electron chi connectivity index (χ2n) is 8.15. The average molecular weight is 497 g/mol. The average Bonchev–Trinajstić information content (AvgIpc) is 3.46. The first-order chi connectivity index (χ1) is 17.0. The predicted octanol–water partition coefficient (Wildman–Crippen LogP) is 4.13. The molecule has 1 saturated heterocycles. The Balaban J connectivity index is 1.24. The van der Waals surface area contributed by atoms with E-state index in [0.29, 0.717) is 23.9 Å². The van der Waals surface area contributed by atoms with E-state index in [-0.39, 0.29) is 25.0 Å². The molecule has 35 heavy (non-hydrogen) atoms. The van der Waals surface area contributed by atoms with Crippen LogP contribution >= 0.6 is 11.8 Å². The minimum absolute atomic E-state index is 0.0381. The van der Waals surface area contributed by atoms with E-state index >= 15 is 0 Å². The van der Waals surface area contributed by atoms with Crippen molar-refractivity contribution in [2.75, 3.05) is 18.7 Å². The van der Waals surface area contributed by atoms with E-state index in [2.05, 4.69) is 20.8 Å². The minimum Gasteiger partial charge on any atom is -0.494 e. The number of aryl methyl sites for hydroxylation is 1. The first kappa shape index (κ1) is 24.6. The van der Waals surface area contributed by atoms with Crippen molar-refractivity contribution in [1.29, 1.82) is 0 Å². The fraction of sp³-hybridized carbons (Fsp3) is 0.360. The number of nitrogens with one attached hydrogen (secondary N) is 2. The number of carbonyl (C=O) groups is 2. The molecule has 9 nitrogen and oxygen atoms in total. The molecule has 2 aromatic rings. The zero-order valence-corrected chi connectivity index (χ0v) is 20.5. The Morgan fingerprint density at radius 2 is 2.00 bits per heavy atom. The van der Waals surface area contributed by atoms with Gasteiger partial charge in [0, 0.05) is 17.8 Å². The summed E-state index contributed by atoms with van der Waals surface area (Å²) in [6.45, 7) is 4.83. The molecule has 2 aliphatic rings. The third-order valence-electron chi connectivity index (χ3n) is 5.28. The SMILES string of the molecule is CCCOc1ccc(NC(=O)CC2S/C(=N\N=C(/C)CCc3ccc4c(c3)OCO4)NC2=O)cc1. The molecule has 0 aliphatic carbocycles. The number of rotatable bonds is 10. The molecule has 0 aromatic heterocycles. The normalized spacial score (nSPS) is 18.0. The van der Waals surface area contributed by atoms with Crippen molar-refractivity contribution in [3.63, 3.8) is 0 Å². The van der Waals surface area contributed by atoms with Gasteiger partial charge in [0.15, 0.2) is 16.7 Å². The second kappa shape index (κ2) is 11.7. The number of amidine groups is 1. The van der Waals surface area contributed by atoms with Gasteiger partial charge in [-0.15, -0.1) is 5.10 Å². The number of anilines is 1. The van der Waals surface area contributed by atoms with E-state index in [9.17, 15) is 9.59 Å². The second-order valence-corrected chi connectivity index (χ2v) is 9.34. The Labute approximate surface area is 208 Å². The van der Waals surface area contributed by atoms with Crippen LogP contribution < -0.4 is 24.8 Å². The molecule has 10 heteroatoms. The quantitative estimate of drug-likeness (QED) is 0.378. The molecular weight excluding hydrogens is 468 g/mol. The Kier molecular flexibility index (Phi) is 8.25. The molecular formula is C25H28N4O5S. The molecule has 2 heterocycles. The summed E-state index contributed by atoms with van der Waals surface area (Å²) in [7, 11) is 0. The third kappa shape index (κ3) is 6.98. The number of nitrogens with zero attached hydrogens (tertiary/aromatic N) is 2. The van der Waals surface area contributed by atoms with Crippen LogP contribution in [0.1, 0.15) is 38.7 Å². The molecule has 2 N–H and O–H groups in total. The van der Waals surface area contributed by atoms with Gasteiger partial charge in [0.1, 0.15) is 11.0 Å². The standard InChI is InChI=1S/C25H28N4O5S/c1-3-12-32-19-9-7-18(8-10-19)26-23(30)14-22-24(31)27-25(35-22)29-28-16(2)4-5-17-6-11-20-21(13-17)34-15-33-20/h6-11,13,22H,3-5,12,14-15H2,1-2H3,(H,26,30)(H,27,29,31)/b28-16+. The summed E-state index contributed by atoms with van der Waals surface area (Å²) < 4.78 is 16.3. The summed E-state index contributed by atoms with van der Waals surface area (Å²) in [4.78, 5) is 24.7. The first-order valence-electron chi connectivity index (χ1n) is 11.5. The van der Waals surface area contributed by atoms with E-state index in [4.69, 9.17) is 14.2 Å². The lowest BCUT2D eigenvalue weighted by Crippen LogP contribution is -2.28. The maximum Gasteiger partial charge on any atom is 0.240 e. The zero-order chi connectivity index (χ0) is 24.6. The van der Waals surface area contributed by atoms with Crippen molar-refractivity contribution >= 4 is 40.1 Å². The van der Waals surface area contributed by atoms with Gasteiger partial charge >= 0.3 is 0 Å². The van der Waals surface area contributed by atoms with Crippen LogP contribution in [0.3, 0.4) is 0 Å². The molecule has 2 aromatic carbocycles. The van der Waals surface area contributed by atoms with Gasteiger partial charge in [-0.1, -0.05) is 24.8 Å². The van der Waals surface area contributed by atoms with Crippen LogP contribution in [0.2, 0.25) is 0 Å². The van der Waals surface area contributed by atoms with Crippen LogP contribution in [0.15, 0.2) is 52.7 Å². The number of amides is 2. The highest BCUT2D eigenvalue weighted by molar-refractivity contribution is 8.15. The smallest absolute Gasteiger partial charge is 0.240 e. The van der Waals surface area contributed by atoms with Gasteiger partial charge in [-0.25, -0.2) is 0 Å². The van der Waals surface area contributed by atoms with Crippen LogP contribution in [0, 0.1) is 0 Å². The maximum absolute atomic E-state index is 12.4. The van der Waals surface area contributed by atoms with Crippen molar-refractivity contribution in [3.8, 4) is 17.2 Å². The zero-order valence-electron chi connectivity index (χ0n) is 19.7. The highest BCUT2D eigenvalue weighted by atomic mass is 32.2. The molecule has 0 radical (unpaired) electrons. The molecule has 4 rings (SSSR count). The lowest BCUT2D eigenvalue weighted by atomic mass is 10.1. The molecule has 2 aliphatic heterocycles. The van der Waals surface area contributed by atoms with E-state index in [1.165, 1.54) is 11.8 Å². The van der Waals surface area contributed by atoms with Gasteiger partial charge in [-0.3, -0.25) is 9.59 Å². The number of thioether (sulfide) groups is 1. The molecule has 184 valence electrons. The third-order valence-corrected chi connectivity index (χ3v) is 6.35. The monoisotopic (exact) mass is 496 g/mol. The van der Waals surface area contributed by atoms with Gasteiger partial charge < -0.3 is 24.8 Å². The number of benzene rings is 2. The maximum atomic E-state index is 12.4.